The molecule has 2 N–H and O–H groups in total. The van der Waals surface area contributed by atoms with Crippen LogP contribution in [-0.4, -0.2) is 22.5 Å². The van der Waals surface area contributed by atoms with Crippen LogP contribution in [0.4, 0.5) is 18.9 Å². The number of nitrogens with zero attached hydrogens (tertiary/aromatic N) is 1. The summed E-state index contributed by atoms with van der Waals surface area (Å²) in [6, 6.07) is 3.31. The minimum Gasteiger partial charge on any atom is -0.478 e. The number of amides is 1. The molecule has 2 aromatic rings. The van der Waals surface area contributed by atoms with Crippen LogP contribution in [0.5, 0.6) is 5.88 Å². The Balaban J connectivity index is 2.33. The third kappa shape index (κ3) is 4.05. The molecular formula is C14H11ClF3N3O3. The number of aromatic nitrogens is 2. The Morgan fingerprint density at radius 3 is 2.75 bits per heavy atom. The van der Waals surface area contributed by atoms with Gasteiger partial charge >= 0.3 is 6.18 Å². The van der Waals surface area contributed by atoms with Gasteiger partial charge in [-0.1, -0.05) is 11.6 Å². The molecular weight excluding hydrogens is 351 g/mol. The van der Waals surface area contributed by atoms with Gasteiger partial charge < -0.3 is 15.0 Å². The third-order valence-corrected chi connectivity index (χ3v) is 3.11. The van der Waals surface area contributed by atoms with E-state index in [2.05, 4.69) is 10.3 Å². The zero-order valence-corrected chi connectivity index (χ0v) is 13.0. The van der Waals surface area contributed by atoms with Crippen LogP contribution >= 0.6 is 11.6 Å². The Kier molecular flexibility index (Phi) is 5.13. The molecule has 2 heterocycles. The van der Waals surface area contributed by atoms with Gasteiger partial charge in [-0.3, -0.25) is 9.59 Å². The van der Waals surface area contributed by atoms with E-state index < -0.39 is 28.9 Å². The fourth-order valence-corrected chi connectivity index (χ4v) is 1.92. The van der Waals surface area contributed by atoms with Crippen molar-refractivity contribution in [2.45, 2.75) is 13.1 Å². The number of carbonyl (C=O) groups is 1. The lowest BCUT2D eigenvalue weighted by molar-refractivity contribution is -0.137. The number of rotatable bonds is 4. The standard InChI is InChI=1S/C14H11ClF3N3O3/c1-2-24-10-4-3-8(15)11(21-10)13(23)20-9-5-7(14(16,17)18)6-19-12(9)22/h3-6H,2H2,1H3,(H,19,22)(H,20,23). The van der Waals surface area contributed by atoms with Gasteiger partial charge in [0.2, 0.25) is 5.88 Å². The number of hydrogen-bond acceptors (Lipinski definition) is 4. The number of pyridine rings is 2. The molecule has 0 saturated carbocycles. The molecule has 0 bridgehead atoms. The van der Waals surface area contributed by atoms with Crippen molar-refractivity contribution >= 4 is 23.2 Å². The zero-order valence-electron chi connectivity index (χ0n) is 12.2. The molecule has 0 radical (unpaired) electrons. The first-order chi connectivity index (χ1) is 11.2. The number of nitrogens with one attached hydrogen (secondary N) is 2. The Morgan fingerprint density at radius 2 is 2.12 bits per heavy atom. The molecule has 0 aliphatic heterocycles. The molecule has 2 aromatic heterocycles. The van der Waals surface area contributed by atoms with Crippen molar-refractivity contribution in [3.05, 3.63) is 51.0 Å². The highest BCUT2D eigenvalue weighted by Crippen LogP contribution is 2.29. The van der Waals surface area contributed by atoms with Crippen LogP contribution in [0.1, 0.15) is 23.0 Å². The van der Waals surface area contributed by atoms with Crippen LogP contribution in [-0.2, 0) is 6.18 Å². The minimum absolute atomic E-state index is 0.0423. The molecule has 0 fully saturated rings. The van der Waals surface area contributed by atoms with E-state index in [1.807, 2.05) is 4.98 Å². The quantitative estimate of drug-likeness (QED) is 0.876. The summed E-state index contributed by atoms with van der Waals surface area (Å²) in [4.78, 5) is 29.5. The molecule has 128 valence electrons. The summed E-state index contributed by atoms with van der Waals surface area (Å²) in [5.41, 5.74) is -2.86. The van der Waals surface area contributed by atoms with Crippen LogP contribution in [0.3, 0.4) is 0 Å². The molecule has 0 spiro atoms. The van der Waals surface area contributed by atoms with Gasteiger partial charge in [-0.25, -0.2) is 4.98 Å². The van der Waals surface area contributed by atoms with E-state index in [1.54, 1.807) is 6.92 Å². The van der Waals surface area contributed by atoms with E-state index in [4.69, 9.17) is 16.3 Å². The van der Waals surface area contributed by atoms with Crippen molar-refractivity contribution in [3.8, 4) is 5.88 Å². The summed E-state index contributed by atoms with van der Waals surface area (Å²) >= 11 is 5.86. The second-order valence-corrected chi connectivity index (χ2v) is 4.90. The number of H-pyrrole nitrogens is 1. The lowest BCUT2D eigenvalue weighted by Gasteiger charge is -2.10. The van der Waals surface area contributed by atoms with Crippen LogP contribution < -0.4 is 15.6 Å². The van der Waals surface area contributed by atoms with E-state index in [0.29, 0.717) is 18.9 Å². The minimum atomic E-state index is -4.67. The van der Waals surface area contributed by atoms with Crippen molar-refractivity contribution < 1.29 is 22.7 Å². The molecule has 10 heteroatoms. The van der Waals surface area contributed by atoms with Gasteiger partial charge in [0.15, 0.2) is 5.69 Å². The van der Waals surface area contributed by atoms with Crippen molar-refractivity contribution in [1.29, 1.82) is 0 Å². The fourth-order valence-electron chi connectivity index (χ4n) is 1.73. The molecule has 0 aliphatic carbocycles. The maximum atomic E-state index is 12.7. The largest absolute Gasteiger partial charge is 0.478 e. The van der Waals surface area contributed by atoms with Gasteiger partial charge in [0.1, 0.15) is 5.69 Å². The SMILES string of the molecule is CCOc1ccc(Cl)c(C(=O)Nc2cc(C(F)(F)F)c[nH]c2=O)n1. The van der Waals surface area contributed by atoms with Gasteiger partial charge in [0.25, 0.3) is 11.5 Å². The van der Waals surface area contributed by atoms with Crippen LogP contribution in [0, 0.1) is 0 Å². The van der Waals surface area contributed by atoms with E-state index >= 15 is 0 Å². The lowest BCUT2D eigenvalue weighted by Crippen LogP contribution is -2.22. The first-order valence-electron chi connectivity index (χ1n) is 6.63. The molecule has 0 saturated heterocycles. The molecule has 24 heavy (non-hydrogen) atoms. The number of hydrogen-bond donors (Lipinski definition) is 2. The number of halogens is 4. The van der Waals surface area contributed by atoms with Crippen LogP contribution in [0.15, 0.2) is 29.2 Å². The van der Waals surface area contributed by atoms with E-state index in [1.165, 1.54) is 12.1 Å². The maximum absolute atomic E-state index is 12.7. The third-order valence-electron chi connectivity index (χ3n) is 2.81. The highest BCUT2D eigenvalue weighted by Gasteiger charge is 2.31. The summed E-state index contributed by atoms with van der Waals surface area (Å²) in [6.07, 6.45) is -4.16. The second kappa shape index (κ2) is 6.91. The van der Waals surface area contributed by atoms with Crippen LogP contribution in [0.25, 0.3) is 0 Å². The molecule has 0 aliphatic rings. The molecule has 0 unspecified atom stereocenters. The van der Waals surface area contributed by atoms with Gasteiger partial charge in [-0.2, -0.15) is 13.2 Å². The second-order valence-electron chi connectivity index (χ2n) is 4.50. The summed E-state index contributed by atoms with van der Waals surface area (Å²) in [6.45, 7) is 2.00. The monoisotopic (exact) mass is 361 g/mol. The van der Waals surface area contributed by atoms with E-state index in [-0.39, 0.29) is 16.6 Å². The first-order valence-corrected chi connectivity index (χ1v) is 7.00. The van der Waals surface area contributed by atoms with Crippen molar-refractivity contribution in [2.24, 2.45) is 0 Å². The highest BCUT2D eigenvalue weighted by molar-refractivity contribution is 6.34. The zero-order chi connectivity index (χ0) is 17.9. The summed E-state index contributed by atoms with van der Waals surface area (Å²) in [5.74, 6) is -0.823. The summed E-state index contributed by atoms with van der Waals surface area (Å²) in [5, 5.41) is 2.02. The maximum Gasteiger partial charge on any atom is 0.417 e. The Bertz CT molecular complexity index is 821. The first kappa shape index (κ1) is 17.8. The van der Waals surface area contributed by atoms with Gasteiger partial charge in [-0.05, 0) is 19.1 Å². The highest BCUT2D eigenvalue weighted by atomic mass is 35.5. The molecule has 0 atom stereocenters. The predicted octanol–water partition coefficient (Wildman–Crippen LogP) is 3.09. The Morgan fingerprint density at radius 1 is 1.42 bits per heavy atom. The smallest absolute Gasteiger partial charge is 0.417 e. The topological polar surface area (TPSA) is 84.1 Å². The number of alkyl halides is 3. The summed E-state index contributed by atoms with van der Waals surface area (Å²) in [7, 11) is 0. The van der Waals surface area contributed by atoms with Crippen LogP contribution in [0.2, 0.25) is 5.02 Å². The molecule has 6 nitrogen and oxygen atoms in total. The average Bonchev–Trinajstić information content (AvgIpc) is 2.50. The molecule has 2 rings (SSSR count). The normalized spacial score (nSPS) is 11.2. The molecule has 1 amide bonds. The summed E-state index contributed by atoms with van der Waals surface area (Å²) < 4.78 is 43.2. The Labute approximate surface area is 138 Å². The van der Waals surface area contributed by atoms with Crippen molar-refractivity contribution in [2.75, 3.05) is 11.9 Å². The fraction of sp³-hybridized carbons (Fsp3) is 0.214. The number of carbonyl (C=O) groups excluding carboxylic acids is 1. The van der Waals surface area contributed by atoms with Gasteiger partial charge in [-0.15, -0.1) is 0 Å². The van der Waals surface area contributed by atoms with Crippen molar-refractivity contribution in [1.82, 2.24) is 9.97 Å². The van der Waals surface area contributed by atoms with E-state index in [9.17, 15) is 22.8 Å². The predicted molar refractivity (Wildman–Crippen MR) is 80.4 cm³/mol. The molecule has 0 aromatic carbocycles. The number of ether oxygens (including phenoxy) is 1. The Hall–Kier alpha value is -2.55. The lowest BCUT2D eigenvalue weighted by atomic mass is 10.2. The van der Waals surface area contributed by atoms with Crippen molar-refractivity contribution in [3.63, 3.8) is 0 Å². The number of aromatic amines is 1. The average molecular weight is 362 g/mol. The van der Waals surface area contributed by atoms with E-state index in [0.717, 1.165) is 0 Å². The number of anilines is 1. The van der Waals surface area contributed by atoms with Gasteiger partial charge in [0.05, 0.1) is 17.2 Å². The van der Waals surface area contributed by atoms with Gasteiger partial charge in [0, 0.05) is 12.3 Å².